The number of amides is 1. The molecule has 0 aliphatic heterocycles. The zero-order chi connectivity index (χ0) is 24.0. The van der Waals surface area contributed by atoms with Crippen LogP contribution < -0.4 is 19.5 Å². The molecule has 0 aliphatic rings. The summed E-state index contributed by atoms with van der Waals surface area (Å²) in [6.07, 6.45) is 0. The van der Waals surface area contributed by atoms with Gasteiger partial charge in [-0.05, 0) is 49.4 Å². The number of ether oxygens (including phenoxy) is 4. The Morgan fingerprint density at radius 2 is 1.76 bits per heavy atom. The van der Waals surface area contributed by atoms with E-state index in [4.69, 9.17) is 18.9 Å². The molecule has 3 aromatic rings. The minimum Gasteiger partial charge on any atom is -0.507 e. The van der Waals surface area contributed by atoms with Crippen molar-refractivity contribution in [1.29, 1.82) is 0 Å². The first-order valence-electron chi connectivity index (χ1n) is 10.1. The van der Waals surface area contributed by atoms with Crippen LogP contribution in [0.5, 0.6) is 23.0 Å². The van der Waals surface area contributed by atoms with E-state index in [2.05, 4.69) is 10.4 Å². The Labute approximate surface area is 190 Å². The van der Waals surface area contributed by atoms with Crippen LogP contribution in [0.4, 0.5) is 4.79 Å². The molecular weight excluding hydrogens is 430 g/mol. The van der Waals surface area contributed by atoms with Crippen molar-refractivity contribution in [1.82, 2.24) is 15.1 Å². The molecule has 0 atom stereocenters. The predicted molar refractivity (Wildman–Crippen MR) is 120 cm³/mol. The zero-order valence-electron chi connectivity index (χ0n) is 18.7. The summed E-state index contributed by atoms with van der Waals surface area (Å²) in [7, 11) is 4.53. The number of methoxy groups -OCH3 is 3. The highest BCUT2D eigenvalue weighted by Gasteiger charge is 2.21. The number of nitrogens with one attached hydrogen (secondary N) is 1. The van der Waals surface area contributed by atoms with Gasteiger partial charge < -0.3 is 29.4 Å². The molecule has 2 aromatic carbocycles. The second-order valence-corrected chi connectivity index (χ2v) is 6.74. The van der Waals surface area contributed by atoms with E-state index in [0.29, 0.717) is 39.8 Å². The molecule has 0 radical (unpaired) electrons. The summed E-state index contributed by atoms with van der Waals surface area (Å²) in [5.74, 6) is 0.879. The van der Waals surface area contributed by atoms with Crippen molar-refractivity contribution >= 4 is 12.0 Å². The van der Waals surface area contributed by atoms with Gasteiger partial charge in [0.15, 0.2) is 11.5 Å². The van der Waals surface area contributed by atoms with Crippen LogP contribution in [0.25, 0.3) is 22.5 Å². The second kappa shape index (κ2) is 10.4. The minimum absolute atomic E-state index is 0.0359. The normalized spacial score (nSPS) is 10.4. The molecule has 0 spiro atoms. The summed E-state index contributed by atoms with van der Waals surface area (Å²) in [6, 6.07) is 10.8. The Morgan fingerprint density at radius 3 is 2.42 bits per heavy atom. The number of carbonyl (C=O) groups excluding carboxylic acids is 2. The minimum atomic E-state index is -0.651. The lowest BCUT2D eigenvalue weighted by molar-refractivity contribution is -0.141. The van der Waals surface area contributed by atoms with Crippen LogP contribution in [0.3, 0.4) is 0 Å². The number of phenols is 1. The molecular formula is C23H25N3O7. The van der Waals surface area contributed by atoms with E-state index in [1.807, 2.05) is 0 Å². The third kappa shape index (κ3) is 5.17. The van der Waals surface area contributed by atoms with Crippen LogP contribution in [0.1, 0.15) is 6.92 Å². The zero-order valence-corrected chi connectivity index (χ0v) is 18.7. The first-order valence-corrected chi connectivity index (χ1v) is 10.1. The summed E-state index contributed by atoms with van der Waals surface area (Å²) in [5, 5.41) is 17.2. The standard InChI is InChI=1S/C23H25N3O7/c1-5-33-22(28)13-24-23(29)26-18(14-6-9-20(31-3)21(10-14)32-4)12-17(25-26)16-11-15(30-2)7-8-19(16)27/h6-12,27H,5,13H2,1-4H3,(H,24,29). The number of nitrogens with zero attached hydrogens (tertiary/aromatic N) is 2. The van der Waals surface area contributed by atoms with Gasteiger partial charge in [-0.15, -0.1) is 0 Å². The van der Waals surface area contributed by atoms with E-state index >= 15 is 0 Å². The molecule has 3 rings (SSSR count). The van der Waals surface area contributed by atoms with E-state index in [-0.39, 0.29) is 18.9 Å². The summed E-state index contributed by atoms with van der Waals surface area (Å²) < 4.78 is 21.9. The van der Waals surface area contributed by atoms with Crippen molar-refractivity contribution in [2.75, 3.05) is 34.5 Å². The van der Waals surface area contributed by atoms with Crippen molar-refractivity contribution in [3.63, 3.8) is 0 Å². The van der Waals surface area contributed by atoms with Gasteiger partial charge in [-0.25, -0.2) is 4.79 Å². The average molecular weight is 455 g/mol. The number of hydrogen-bond acceptors (Lipinski definition) is 8. The fraction of sp³-hybridized carbons (Fsp3) is 0.261. The van der Waals surface area contributed by atoms with E-state index in [1.165, 1.54) is 27.4 Å². The number of aromatic nitrogens is 2. The first-order chi connectivity index (χ1) is 15.9. The van der Waals surface area contributed by atoms with E-state index in [9.17, 15) is 14.7 Å². The van der Waals surface area contributed by atoms with E-state index in [1.54, 1.807) is 43.3 Å². The highest BCUT2D eigenvalue weighted by Crippen LogP contribution is 2.36. The summed E-state index contributed by atoms with van der Waals surface area (Å²) >= 11 is 0. The van der Waals surface area contributed by atoms with Crippen molar-refractivity contribution in [2.24, 2.45) is 0 Å². The number of esters is 1. The highest BCUT2D eigenvalue weighted by molar-refractivity contribution is 5.87. The molecule has 0 fully saturated rings. The van der Waals surface area contributed by atoms with Crippen molar-refractivity contribution in [2.45, 2.75) is 6.92 Å². The van der Waals surface area contributed by atoms with Crippen LogP contribution in [0.2, 0.25) is 0 Å². The fourth-order valence-electron chi connectivity index (χ4n) is 3.15. The van der Waals surface area contributed by atoms with Gasteiger partial charge in [-0.2, -0.15) is 9.78 Å². The Balaban J connectivity index is 2.09. The molecule has 0 saturated carbocycles. The lowest BCUT2D eigenvalue weighted by Crippen LogP contribution is -2.34. The Morgan fingerprint density at radius 1 is 1.00 bits per heavy atom. The molecule has 10 heteroatoms. The summed E-state index contributed by atoms with van der Waals surface area (Å²) in [6.45, 7) is 1.56. The Hall–Kier alpha value is -4.21. The summed E-state index contributed by atoms with van der Waals surface area (Å²) in [4.78, 5) is 24.6. The lowest BCUT2D eigenvalue weighted by atomic mass is 10.1. The Kier molecular flexibility index (Phi) is 7.39. The highest BCUT2D eigenvalue weighted by atomic mass is 16.5. The lowest BCUT2D eigenvalue weighted by Gasteiger charge is -2.11. The SMILES string of the molecule is CCOC(=O)CNC(=O)n1nc(-c2cc(OC)ccc2O)cc1-c1ccc(OC)c(OC)c1. The number of rotatable bonds is 8. The van der Waals surface area contributed by atoms with Crippen LogP contribution in [0.15, 0.2) is 42.5 Å². The topological polar surface area (TPSA) is 121 Å². The van der Waals surface area contributed by atoms with E-state index in [0.717, 1.165) is 4.68 Å². The average Bonchev–Trinajstić information content (AvgIpc) is 3.28. The monoisotopic (exact) mass is 455 g/mol. The van der Waals surface area contributed by atoms with Gasteiger partial charge in [0.1, 0.15) is 18.0 Å². The third-order valence-corrected chi connectivity index (χ3v) is 4.75. The largest absolute Gasteiger partial charge is 0.507 e. The first kappa shape index (κ1) is 23.5. The molecule has 0 aliphatic carbocycles. The van der Waals surface area contributed by atoms with Gasteiger partial charge in [0.05, 0.1) is 39.3 Å². The summed E-state index contributed by atoms with van der Waals surface area (Å²) in [5.41, 5.74) is 1.69. The Bertz CT molecular complexity index is 1160. The fourth-order valence-corrected chi connectivity index (χ4v) is 3.15. The molecule has 2 N–H and O–H groups in total. The number of phenolic OH excluding ortho intramolecular Hbond substituents is 1. The molecule has 174 valence electrons. The molecule has 1 amide bonds. The van der Waals surface area contributed by atoms with Gasteiger partial charge in [0.25, 0.3) is 0 Å². The second-order valence-electron chi connectivity index (χ2n) is 6.74. The van der Waals surface area contributed by atoms with Crippen molar-refractivity contribution < 1.29 is 33.6 Å². The third-order valence-electron chi connectivity index (χ3n) is 4.75. The van der Waals surface area contributed by atoms with Crippen molar-refractivity contribution in [3.8, 4) is 45.5 Å². The molecule has 1 aromatic heterocycles. The van der Waals surface area contributed by atoms with Crippen LogP contribution in [0, 0.1) is 0 Å². The van der Waals surface area contributed by atoms with Gasteiger partial charge in [-0.3, -0.25) is 4.79 Å². The maximum Gasteiger partial charge on any atom is 0.343 e. The van der Waals surface area contributed by atoms with Crippen LogP contribution in [-0.2, 0) is 9.53 Å². The van der Waals surface area contributed by atoms with Crippen LogP contribution >= 0.6 is 0 Å². The number of aromatic hydroxyl groups is 1. The smallest absolute Gasteiger partial charge is 0.343 e. The maximum absolute atomic E-state index is 12.9. The maximum atomic E-state index is 12.9. The van der Waals surface area contributed by atoms with Gasteiger partial charge >= 0.3 is 12.0 Å². The predicted octanol–water partition coefficient (Wildman–Crippen LogP) is 3.07. The van der Waals surface area contributed by atoms with Gasteiger partial charge in [-0.1, -0.05) is 0 Å². The molecule has 1 heterocycles. The molecule has 0 bridgehead atoms. The molecule has 33 heavy (non-hydrogen) atoms. The van der Waals surface area contributed by atoms with Gasteiger partial charge in [0.2, 0.25) is 0 Å². The number of hydrogen-bond donors (Lipinski definition) is 2. The van der Waals surface area contributed by atoms with Crippen molar-refractivity contribution in [3.05, 3.63) is 42.5 Å². The number of benzene rings is 2. The number of carbonyl (C=O) groups is 2. The molecule has 10 nitrogen and oxygen atoms in total. The van der Waals surface area contributed by atoms with E-state index < -0.39 is 12.0 Å². The molecule has 0 unspecified atom stereocenters. The molecule has 0 saturated heterocycles. The van der Waals surface area contributed by atoms with Gasteiger partial charge in [0, 0.05) is 11.1 Å². The quantitative estimate of drug-likeness (QED) is 0.497. The van der Waals surface area contributed by atoms with Crippen LogP contribution in [-0.4, -0.2) is 61.4 Å².